The van der Waals surface area contributed by atoms with Crippen molar-refractivity contribution in [1.82, 2.24) is 0 Å². The lowest BCUT2D eigenvalue weighted by Crippen LogP contribution is -2.11. The van der Waals surface area contributed by atoms with Crippen molar-refractivity contribution in [3.05, 3.63) is 64.0 Å². The molecule has 1 heterocycles. The number of methoxy groups -OCH3 is 2. The molecular formula is C20H18ClNO3S. The summed E-state index contributed by atoms with van der Waals surface area (Å²) in [5, 5.41) is 3.63. The molecule has 0 atom stereocenters. The number of rotatable bonds is 5. The Bertz CT molecular complexity index is 935. The normalized spacial score (nSPS) is 10.5. The van der Waals surface area contributed by atoms with Gasteiger partial charge in [0.05, 0.1) is 19.1 Å². The lowest BCUT2D eigenvalue weighted by atomic mass is 10.1. The molecule has 1 N–H and O–H groups in total. The minimum atomic E-state index is -0.162. The van der Waals surface area contributed by atoms with Crippen LogP contribution in [0, 0.1) is 6.92 Å². The topological polar surface area (TPSA) is 47.6 Å². The number of anilines is 1. The largest absolute Gasteiger partial charge is 0.493 e. The first-order valence-electron chi connectivity index (χ1n) is 7.91. The van der Waals surface area contributed by atoms with Crippen molar-refractivity contribution in [2.24, 2.45) is 0 Å². The first kappa shape index (κ1) is 18.3. The zero-order valence-electron chi connectivity index (χ0n) is 14.6. The predicted octanol–water partition coefficient (Wildman–Crippen LogP) is 5.65. The Morgan fingerprint density at radius 3 is 2.31 bits per heavy atom. The molecule has 0 radical (unpaired) electrons. The second kappa shape index (κ2) is 7.81. The number of hydrogen-bond acceptors (Lipinski definition) is 4. The quantitative estimate of drug-likeness (QED) is 0.615. The highest BCUT2D eigenvalue weighted by Crippen LogP contribution is 2.34. The lowest BCUT2D eigenvalue weighted by Gasteiger charge is -2.13. The van der Waals surface area contributed by atoms with Gasteiger partial charge in [-0.25, -0.2) is 0 Å². The summed E-state index contributed by atoms with van der Waals surface area (Å²) in [6.07, 6.45) is 0. The second-order valence-corrected chi connectivity index (χ2v) is 7.17. The highest BCUT2D eigenvalue weighted by molar-refractivity contribution is 7.17. The number of carbonyl (C=O) groups excluding carboxylic acids is 1. The third-order valence-corrected chi connectivity index (χ3v) is 5.32. The molecule has 0 saturated heterocycles. The Kier molecular flexibility index (Phi) is 5.49. The van der Waals surface area contributed by atoms with Crippen LogP contribution in [0.5, 0.6) is 11.5 Å². The number of aryl methyl sites for hydroxylation is 1. The van der Waals surface area contributed by atoms with Gasteiger partial charge in [-0.05, 0) is 48.4 Å². The van der Waals surface area contributed by atoms with Crippen LogP contribution in [-0.2, 0) is 0 Å². The Morgan fingerprint density at radius 1 is 1.00 bits per heavy atom. The first-order chi connectivity index (χ1) is 12.5. The molecule has 1 amide bonds. The van der Waals surface area contributed by atoms with Gasteiger partial charge in [0.15, 0.2) is 11.5 Å². The molecule has 0 aliphatic carbocycles. The summed E-state index contributed by atoms with van der Waals surface area (Å²) in [5.74, 6) is 1.04. The maximum absolute atomic E-state index is 12.6. The molecule has 3 rings (SSSR count). The number of benzene rings is 2. The predicted molar refractivity (Wildman–Crippen MR) is 107 cm³/mol. The smallest absolute Gasteiger partial charge is 0.265 e. The zero-order chi connectivity index (χ0) is 18.7. The van der Waals surface area contributed by atoms with Gasteiger partial charge in [-0.15, -0.1) is 11.3 Å². The number of carbonyl (C=O) groups is 1. The number of hydrogen-bond donors (Lipinski definition) is 1. The summed E-state index contributed by atoms with van der Waals surface area (Å²) >= 11 is 7.36. The van der Waals surface area contributed by atoms with Gasteiger partial charge in [-0.1, -0.05) is 23.7 Å². The Balaban J connectivity index is 1.82. The molecule has 2 aromatic carbocycles. The first-order valence-corrected chi connectivity index (χ1v) is 9.11. The lowest BCUT2D eigenvalue weighted by molar-refractivity contribution is 0.103. The Labute approximate surface area is 161 Å². The van der Waals surface area contributed by atoms with Crippen LogP contribution < -0.4 is 14.8 Å². The van der Waals surface area contributed by atoms with Crippen LogP contribution in [0.25, 0.3) is 10.4 Å². The van der Waals surface area contributed by atoms with Gasteiger partial charge in [-0.2, -0.15) is 0 Å². The van der Waals surface area contributed by atoms with Crippen molar-refractivity contribution in [3.63, 3.8) is 0 Å². The van der Waals surface area contributed by atoms with Gasteiger partial charge in [0.2, 0.25) is 0 Å². The molecule has 0 saturated carbocycles. The fraction of sp³-hybridized carbons (Fsp3) is 0.150. The summed E-state index contributed by atoms with van der Waals surface area (Å²) < 4.78 is 10.6. The Morgan fingerprint density at radius 2 is 1.65 bits per heavy atom. The van der Waals surface area contributed by atoms with E-state index in [9.17, 15) is 4.79 Å². The van der Waals surface area contributed by atoms with E-state index in [1.807, 2.05) is 49.4 Å². The molecule has 0 unspecified atom stereocenters. The van der Waals surface area contributed by atoms with Crippen LogP contribution in [0.15, 0.2) is 48.5 Å². The number of amides is 1. The molecule has 3 aromatic rings. The zero-order valence-corrected chi connectivity index (χ0v) is 16.2. The molecule has 134 valence electrons. The van der Waals surface area contributed by atoms with Gasteiger partial charge in [-0.3, -0.25) is 4.79 Å². The number of halogens is 1. The maximum atomic E-state index is 12.6. The van der Waals surface area contributed by atoms with E-state index < -0.39 is 0 Å². The van der Waals surface area contributed by atoms with E-state index in [4.69, 9.17) is 21.1 Å². The average molecular weight is 388 g/mol. The van der Waals surface area contributed by atoms with Crippen molar-refractivity contribution in [3.8, 4) is 21.9 Å². The summed E-state index contributed by atoms with van der Waals surface area (Å²) in [4.78, 5) is 14.3. The summed E-state index contributed by atoms with van der Waals surface area (Å²) in [5.41, 5.74) is 2.61. The summed E-state index contributed by atoms with van der Waals surface area (Å²) in [6.45, 7) is 1.91. The van der Waals surface area contributed by atoms with Crippen molar-refractivity contribution >= 4 is 34.5 Å². The monoisotopic (exact) mass is 387 g/mol. The van der Waals surface area contributed by atoms with E-state index in [0.717, 1.165) is 16.0 Å². The standard InChI is InChI=1S/C20H18ClNO3S/c1-12-10-16(24-2)17(25-3)11-15(12)22-20(23)19-9-8-18(26-19)13-4-6-14(21)7-5-13/h4-11H,1-3H3,(H,22,23). The molecule has 6 heteroatoms. The van der Waals surface area contributed by atoms with E-state index in [1.165, 1.54) is 11.3 Å². The highest BCUT2D eigenvalue weighted by Gasteiger charge is 2.14. The van der Waals surface area contributed by atoms with Crippen LogP contribution >= 0.6 is 22.9 Å². The summed E-state index contributed by atoms with van der Waals surface area (Å²) in [6, 6.07) is 14.9. The molecule has 26 heavy (non-hydrogen) atoms. The molecule has 4 nitrogen and oxygen atoms in total. The van der Waals surface area contributed by atoms with E-state index in [1.54, 1.807) is 20.3 Å². The van der Waals surface area contributed by atoms with E-state index in [0.29, 0.717) is 27.1 Å². The Hall–Kier alpha value is -2.50. The van der Waals surface area contributed by atoms with Gasteiger partial charge in [0, 0.05) is 21.7 Å². The van der Waals surface area contributed by atoms with Gasteiger partial charge in [0.25, 0.3) is 5.91 Å². The van der Waals surface area contributed by atoms with Gasteiger partial charge >= 0.3 is 0 Å². The molecular weight excluding hydrogens is 370 g/mol. The minimum absolute atomic E-state index is 0.162. The fourth-order valence-electron chi connectivity index (χ4n) is 2.53. The van der Waals surface area contributed by atoms with E-state index in [2.05, 4.69) is 5.32 Å². The summed E-state index contributed by atoms with van der Waals surface area (Å²) in [7, 11) is 3.15. The fourth-order valence-corrected chi connectivity index (χ4v) is 3.56. The second-order valence-electron chi connectivity index (χ2n) is 5.65. The van der Waals surface area contributed by atoms with Crippen LogP contribution in [0.2, 0.25) is 5.02 Å². The van der Waals surface area contributed by atoms with Crippen molar-refractivity contribution < 1.29 is 14.3 Å². The third-order valence-electron chi connectivity index (χ3n) is 3.94. The van der Waals surface area contributed by atoms with Gasteiger partial charge in [0.1, 0.15) is 0 Å². The third kappa shape index (κ3) is 3.84. The van der Waals surface area contributed by atoms with Crippen LogP contribution in [0.4, 0.5) is 5.69 Å². The van der Waals surface area contributed by atoms with E-state index in [-0.39, 0.29) is 5.91 Å². The van der Waals surface area contributed by atoms with Crippen molar-refractivity contribution in [2.45, 2.75) is 6.92 Å². The molecule has 1 aromatic heterocycles. The maximum Gasteiger partial charge on any atom is 0.265 e. The van der Waals surface area contributed by atoms with Gasteiger partial charge < -0.3 is 14.8 Å². The van der Waals surface area contributed by atoms with Crippen LogP contribution in [0.1, 0.15) is 15.2 Å². The molecule has 0 fully saturated rings. The molecule has 0 spiro atoms. The number of ether oxygens (including phenoxy) is 2. The minimum Gasteiger partial charge on any atom is -0.493 e. The molecule has 0 aliphatic rings. The van der Waals surface area contributed by atoms with Crippen molar-refractivity contribution in [1.29, 1.82) is 0 Å². The molecule has 0 aliphatic heterocycles. The number of thiophene rings is 1. The van der Waals surface area contributed by atoms with E-state index >= 15 is 0 Å². The number of nitrogens with one attached hydrogen (secondary N) is 1. The highest BCUT2D eigenvalue weighted by atomic mass is 35.5. The van der Waals surface area contributed by atoms with Crippen LogP contribution in [-0.4, -0.2) is 20.1 Å². The van der Waals surface area contributed by atoms with Crippen molar-refractivity contribution in [2.75, 3.05) is 19.5 Å². The van der Waals surface area contributed by atoms with Crippen LogP contribution in [0.3, 0.4) is 0 Å². The average Bonchev–Trinajstić information content (AvgIpc) is 3.13. The molecule has 0 bridgehead atoms. The SMILES string of the molecule is COc1cc(C)c(NC(=O)c2ccc(-c3ccc(Cl)cc3)s2)cc1OC.